The minimum absolute atomic E-state index is 0.122. The second-order valence-electron chi connectivity index (χ2n) is 19.8. The molecule has 0 radical (unpaired) electrons. The maximum absolute atomic E-state index is 14.5. The van der Waals surface area contributed by atoms with Gasteiger partial charge in [0, 0.05) is 35.2 Å². The minimum Gasteiger partial charge on any atom is -0.490 e. The topological polar surface area (TPSA) is 105 Å². The number of nitrogens with zero attached hydrogens (tertiary/aromatic N) is 1. The quantitative estimate of drug-likeness (QED) is 0.0756. The van der Waals surface area contributed by atoms with Gasteiger partial charge in [-0.05, 0) is 133 Å². The van der Waals surface area contributed by atoms with E-state index in [9.17, 15) is 18.3 Å². The zero-order chi connectivity index (χ0) is 46.4. The first-order valence-electron chi connectivity index (χ1n) is 23.7. The van der Waals surface area contributed by atoms with Gasteiger partial charge in [0.2, 0.25) is 10.0 Å². The van der Waals surface area contributed by atoms with E-state index in [4.69, 9.17) is 20.8 Å². The van der Waals surface area contributed by atoms with Gasteiger partial charge < -0.3 is 19.2 Å². The first-order valence-corrected chi connectivity index (χ1v) is 27.5. The van der Waals surface area contributed by atoms with Gasteiger partial charge in [-0.2, -0.15) is 0 Å². The van der Waals surface area contributed by atoms with Gasteiger partial charge in [-0.25, -0.2) is 13.1 Å². The number of sulfonamides is 1. The molecule has 348 valence electrons. The van der Waals surface area contributed by atoms with E-state index in [0.29, 0.717) is 31.9 Å². The zero-order valence-corrected chi connectivity index (χ0v) is 41.6. The van der Waals surface area contributed by atoms with Crippen LogP contribution in [-0.4, -0.2) is 64.9 Å². The van der Waals surface area contributed by atoms with Gasteiger partial charge in [0.05, 0.1) is 23.6 Å². The molecule has 1 heterocycles. The van der Waals surface area contributed by atoms with Gasteiger partial charge in [-0.1, -0.05) is 131 Å². The summed E-state index contributed by atoms with van der Waals surface area (Å²) in [5.41, 5.74) is 3.14. The van der Waals surface area contributed by atoms with Gasteiger partial charge in [-0.3, -0.25) is 4.79 Å². The van der Waals surface area contributed by atoms with Crippen molar-refractivity contribution < 1.29 is 27.5 Å². The third kappa shape index (κ3) is 10.7. The lowest BCUT2D eigenvalue weighted by Gasteiger charge is -2.45. The molecule has 1 amide bonds. The van der Waals surface area contributed by atoms with E-state index in [-0.39, 0.29) is 40.7 Å². The fourth-order valence-corrected chi connectivity index (χ4v) is 17.2. The molecule has 1 spiro atoms. The largest absolute Gasteiger partial charge is 0.490 e. The van der Waals surface area contributed by atoms with Crippen LogP contribution in [0.2, 0.25) is 10.1 Å². The third-order valence-corrected chi connectivity index (χ3v) is 21.4. The molecule has 1 saturated carbocycles. The molecule has 2 N–H and O–H groups in total. The number of aryl methyl sites for hydroxylation is 1. The van der Waals surface area contributed by atoms with Crippen LogP contribution in [-0.2, 0) is 26.3 Å². The zero-order valence-electron chi connectivity index (χ0n) is 39.0. The number of allylic oxidation sites excluding steroid dienone is 2. The number of hydrogen-bond donors (Lipinski definition) is 2. The maximum atomic E-state index is 14.5. The number of hydrogen-bond acceptors (Lipinski definition) is 7. The summed E-state index contributed by atoms with van der Waals surface area (Å²) in [5, 5.41) is 13.0. The van der Waals surface area contributed by atoms with Crippen molar-refractivity contribution in [3.8, 4) is 5.75 Å². The SMILES string of the molecule is C=CCC[C@H](C[C@@H](C)O[Si](c1ccccc1)(c1ccccc1)C(C)(C)C)S(=O)(=O)NC(=O)c1ccc2c(c1)N(C[C@@H]1CC[C@H]1[C@@H](O)/C=C/CCC)C[C@@]1(CCCc3cc(Cl)ccc31)CO2. The van der Waals surface area contributed by atoms with Crippen LogP contribution >= 0.6 is 11.6 Å². The normalized spacial score (nSPS) is 21.3. The van der Waals surface area contributed by atoms with Gasteiger partial charge in [0.25, 0.3) is 14.2 Å². The first kappa shape index (κ1) is 48.7. The fourth-order valence-electron chi connectivity index (χ4n) is 10.7. The van der Waals surface area contributed by atoms with Crippen LogP contribution in [0.15, 0.2) is 122 Å². The van der Waals surface area contributed by atoms with E-state index >= 15 is 0 Å². The van der Waals surface area contributed by atoms with Gasteiger partial charge in [0.15, 0.2) is 0 Å². The molecule has 3 aliphatic rings. The van der Waals surface area contributed by atoms with Crippen molar-refractivity contribution >= 4 is 51.9 Å². The van der Waals surface area contributed by atoms with Crippen LogP contribution in [0.4, 0.5) is 5.69 Å². The number of amides is 1. The fraction of sp³-hybridized carbons (Fsp3) is 0.463. The number of nitrogens with one attached hydrogen (secondary N) is 1. The Morgan fingerprint density at radius 1 is 1.03 bits per heavy atom. The molecular formula is C54H69ClN2O6SSi. The van der Waals surface area contributed by atoms with Gasteiger partial charge in [0.1, 0.15) is 5.75 Å². The van der Waals surface area contributed by atoms with Gasteiger partial charge >= 0.3 is 0 Å². The average molecular weight is 938 g/mol. The van der Waals surface area contributed by atoms with Crippen LogP contribution in [0.5, 0.6) is 5.75 Å². The number of rotatable bonds is 18. The summed E-state index contributed by atoms with van der Waals surface area (Å²) in [4.78, 5) is 16.7. The Morgan fingerprint density at radius 2 is 1.74 bits per heavy atom. The number of carbonyl (C=O) groups excluding carboxylic acids is 1. The number of aliphatic hydroxyl groups is 1. The summed E-state index contributed by atoms with van der Waals surface area (Å²) in [6.45, 7) is 16.4. The highest BCUT2D eigenvalue weighted by Crippen LogP contribution is 2.47. The molecule has 0 saturated heterocycles. The molecule has 11 heteroatoms. The summed E-state index contributed by atoms with van der Waals surface area (Å²) < 4.78 is 45.6. The second-order valence-corrected chi connectivity index (χ2v) is 26.4. The van der Waals surface area contributed by atoms with E-state index in [1.807, 2.05) is 61.5 Å². The van der Waals surface area contributed by atoms with E-state index in [1.54, 1.807) is 18.2 Å². The Labute approximate surface area is 394 Å². The lowest BCUT2D eigenvalue weighted by molar-refractivity contribution is 0.0456. The van der Waals surface area contributed by atoms with Crippen molar-refractivity contribution in [2.24, 2.45) is 11.8 Å². The highest BCUT2D eigenvalue weighted by molar-refractivity contribution is 7.90. The van der Waals surface area contributed by atoms with Crippen molar-refractivity contribution in [1.29, 1.82) is 0 Å². The van der Waals surface area contributed by atoms with Crippen LogP contribution in [0.3, 0.4) is 0 Å². The van der Waals surface area contributed by atoms with Crippen molar-refractivity contribution in [3.63, 3.8) is 0 Å². The van der Waals surface area contributed by atoms with Crippen molar-refractivity contribution in [2.45, 2.75) is 127 Å². The van der Waals surface area contributed by atoms with E-state index in [1.165, 1.54) is 11.1 Å². The Balaban J connectivity index is 1.17. The number of unbranched alkanes of at least 4 members (excludes halogenated alkanes) is 1. The summed E-state index contributed by atoms with van der Waals surface area (Å²) in [6.07, 6.45) is 12.4. The van der Waals surface area contributed by atoms with Crippen molar-refractivity contribution in [3.05, 3.63) is 144 Å². The predicted molar refractivity (Wildman–Crippen MR) is 269 cm³/mol. The van der Waals surface area contributed by atoms with Crippen LogP contribution in [0, 0.1) is 11.8 Å². The number of fused-ring (bicyclic) bond motifs is 3. The summed E-state index contributed by atoms with van der Waals surface area (Å²) in [5.74, 6) is 0.312. The third-order valence-electron chi connectivity index (χ3n) is 14.2. The molecule has 6 atom stereocenters. The van der Waals surface area contributed by atoms with Crippen LogP contribution in [0.1, 0.15) is 114 Å². The molecule has 1 fully saturated rings. The minimum atomic E-state index is -4.20. The monoisotopic (exact) mass is 936 g/mol. The van der Waals surface area contributed by atoms with Gasteiger partial charge in [-0.15, -0.1) is 6.58 Å². The summed E-state index contributed by atoms with van der Waals surface area (Å²) >= 11 is 6.51. The number of carbonyl (C=O) groups is 1. The number of aliphatic hydroxyl groups excluding tert-OH is 1. The Bertz CT molecular complexity index is 2370. The summed E-state index contributed by atoms with van der Waals surface area (Å²) in [7, 11) is -7.19. The van der Waals surface area contributed by atoms with E-state index in [2.05, 4.69) is 86.4 Å². The maximum Gasteiger partial charge on any atom is 0.264 e. The number of benzene rings is 4. The number of ether oxygens (including phenoxy) is 1. The van der Waals surface area contributed by atoms with Crippen LogP contribution < -0.4 is 24.7 Å². The summed E-state index contributed by atoms with van der Waals surface area (Å²) in [6, 6.07) is 32.1. The van der Waals surface area contributed by atoms with E-state index in [0.717, 1.165) is 66.0 Å². The number of anilines is 1. The predicted octanol–water partition coefficient (Wildman–Crippen LogP) is 10.3. The first-order chi connectivity index (χ1) is 31.1. The lowest BCUT2D eigenvalue weighted by atomic mass is 9.68. The Morgan fingerprint density at radius 3 is 2.37 bits per heavy atom. The molecule has 0 bridgehead atoms. The lowest BCUT2D eigenvalue weighted by Crippen LogP contribution is -2.67. The molecule has 7 rings (SSSR count). The molecule has 65 heavy (non-hydrogen) atoms. The van der Waals surface area contributed by atoms with E-state index < -0.39 is 41.7 Å². The molecule has 4 aromatic rings. The number of halogens is 1. The highest BCUT2D eigenvalue weighted by Gasteiger charge is 2.51. The highest BCUT2D eigenvalue weighted by atomic mass is 35.5. The molecule has 0 unspecified atom stereocenters. The molecule has 8 nitrogen and oxygen atoms in total. The average Bonchev–Trinajstić information content (AvgIpc) is 3.42. The smallest absolute Gasteiger partial charge is 0.264 e. The molecular weight excluding hydrogens is 868 g/mol. The molecule has 0 aromatic heterocycles. The van der Waals surface area contributed by atoms with Crippen molar-refractivity contribution in [2.75, 3.05) is 24.6 Å². The van der Waals surface area contributed by atoms with Crippen molar-refractivity contribution in [1.82, 2.24) is 4.72 Å². The Hall–Kier alpha value is -4.19. The standard InChI is InChI=1S/C54H69ClN2O6SSi/c1-7-9-13-25-50(58)47-29-26-42(47)36-57-37-54(32-18-19-40-34-43(55)28-30-48(40)54)38-62-51-31-27-41(35-49(51)57)52(59)56-64(60,61)44(20-10-8-2)33-39(3)63-65(53(4,5)6,45-21-14-11-15-22-45)46-23-16-12-17-24-46/h8,11-17,21-25,27-28,30-31,34-35,39,42,44,47,50,58H,2,7,9-10,18-20,26,29,32-33,36-38H2,1,3-6H3,(H,56,59)/b25-13+/t39-,42+,44-,47-,50+,54+/m1/s1. The van der Waals surface area contributed by atoms with Crippen LogP contribution in [0.25, 0.3) is 0 Å². The Kier molecular flexibility index (Phi) is 15.6. The molecule has 1 aliphatic heterocycles. The molecule has 4 aromatic carbocycles. The molecule has 2 aliphatic carbocycles. The second kappa shape index (κ2) is 20.8.